The van der Waals surface area contributed by atoms with E-state index in [2.05, 4.69) is 4.98 Å². The van der Waals surface area contributed by atoms with Crippen molar-refractivity contribution < 1.29 is 4.74 Å². The van der Waals surface area contributed by atoms with Crippen molar-refractivity contribution in [1.29, 1.82) is 0 Å². The Bertz CT molecular complexity index is 1230. The number of aryl methyl sites for hydroxylation is 2. The van der Waals surface area contributed by atoms with E-state index >= 15 is 0 Å². The highest BCUT2D eigenvalue weighted by Crippen LogP contribution is 2.38. The van der Waals surface area contributed by atoms with Crippen molar-refractivity contribution in [3.05, 3.63) is 51.5 Å². The van der Waals surface area contributed by atoms with E-state index < -0.39 is 0 Å². The maximum absolute atomic E-state index is 12.5. The molecule has 27 heavy (non-hydrogen) atoms. The van der Waals surface area contributed by atoms with Gasteiger partial charge in [-0.15, -0.1) is 11.3 Å². The molecule has 4 rings (SSSR count). The first-order valence-corrected chi connectivity index (χ1v) is 9.56. The first-order chi connectivity index (χ1) is 13.0. The van der Waals surface area contributed by atoms with Crippen molar-refractivity contribution in [2.45, 2.75) is 6.92 Å². The van der Waals surface area contributed by atoms with Crippen LogP contribution in [0, 0.1) is 6.92 Å². The van der Waals surface area contributed by atoms with E-state index in [4.69, 9.17) is 27.1 Å². The Hall–Kier alpha value is -2.48. The van der Waals surface area contributed by atoms with E-state index in [1.165, 1.54) is 22.2 Å². The average Bonchev–Trinajstić information content (AvgIpc) is 3.07. The number of ether oxygens (including phenoxy) is 1. The maximum atomic E-state index is 12.5. The Balaban J connectivity index is 1.93. The third kappa shape index (κ3) is 3.18. The topological polar surface area (TPSA) is 83.0 Å². The molecular formula is C19H17ClN4O2S. The zero-order valence-electron chi connectivity index (χ0n) is 14.8. The molecule has 0 aliphatic carbocycles. The van der Waals surface area contributed by atoms with Gasteiger partial charge in [-0.2, -0.15) is 0 Å². The maximum Gasteiger partial charge on any atom is 0.260 e. The number of aromatic nitrogens is 3. The van der Waals surface area contributed by atoms with E-state index in [-0.39, 0.29) is 5.56 Å². The summed E-state index contributed by atoms with van der Waals surface area (Å²) in [5, 5.41) is 1.85. The Morgan fingerprint density at radius 1 is 1.26 bits per heavy atom. The molecule has 0 amide bonds. The first kappa shape index (κ1) is 17.9. The van der Waals surface area contributed by atoms with E-state index in [9.17, 15) is 4.79 Å². The van der Waals surface area contributed by atoms with Crippen LogP contribution in [0.2, 0.25) is 5.02 Å². The number of nitrogens with two attached hydrogens (primary N) is 1. The predicted molar refractivity (Wildman–Crippen MR) is 110 cm³/mol. The van der Waals surface area contributed by atoms with Gasteiger partial charge in [-0.05, 0) is 30.7 Å². The quantitative estimate of drug-likeness (QED) is 0.566. The van der Waals surface area contributed by atoms with E-state index in [1.54, 1.807) is 13.1 Å². The molecule has 8 heteroatoms. The minimum Gasteiger partial charge on any atom is -0.492 e. The summed E-state index contributed by atoms with van der Waals surface area (Å²) in [7, 11) is 1.69. The van der Waals surface area contributed by atoms with Crippen LogP contribution >= 0.6 is 22.9 Å². The Kier molecular flexibility index (Phi) is 4.59. The van der Waals surface area contributed by atoms with Crippen molar-refractivity contribution in [2.75, 3.05) is 13.2 Å². The van der Waals surface area contributed by atoms with Gasteiger partial charge in [0.1, 0.15) is 22.9 Å². The van der Waals surface area contributed by atoms with Crippen LogP contribution in [-0.2, 0) is 7.05 Å². The van der Waals surface area contributed by atoms with E-state index in [0.29, 0.717) is 40.3 Å². The summed E-state index contributed by atoms with van der Waals surface area (Å²) in [4.78, 5) is 21.7. The number of benzene rings is 2. The summed E-state index contributed by atoms with van der Waals surface area (Å²) < 4.78 is 7.97. The van der Waals surface area contributed by atoms with Crippen LogP contribution < -0.4 is 16.0 Å². The van der Waals surface area contributed by atoms with Gasteiger partial charge in [0.25, 0.3) is 5.56 Å². The first-order valence-electron chi connectivity index (χ1n) is 8.37. The third-order valence-electron chi connectivity index (χ3n) is 4.20. The van der Waals surface area contributed by atoms with E-state index in [1.807, 2.05) is 25.1 Å². The molecular weight excluding hydrogens is 384 g/mol. The lowest BCUT2D eigenvalue weighted by molar-refractivity contribution is 0.329. The zero-order chi connectivity index (χ0) is 19.1. The number of halogens is 1. The standard InChI is InChI=1S/C19H17ClN4O2S/c1-10-5-12(16-13(6-10)19(25)24(2)9-22-16)18-23-17-14(20)7-11(26-4-3-21)8-15(17)27-18/h5-9H,3-4,21H2,1-2H3. The minimum absolute atomic E-state index is 0.0819. The summed E-state index contributed by atoms with van der Waals surface area (Å²) >= 11 is 7.89. The highest BCUT2D eigenvalue weighted by atomic mass is 35.5. The van der Waals surface area contributed by atoms with Crippen LogP contribution in [-0.4, -0.2) is 27.7 Å². The number of hydrogen-bond acceptors (Lipinski definition) is 6. The molecule has 0 saturated carbocycles. The summed E-state index contributed by atoms with van der Waals surface area (Å²) in [5.74, 6) is 0.661. The second-order valence-corrected chi connectivity index (χ2v) is 7.72. The van der Waals surface area contributed by atoms with Crippen LogP contribution in [0.25, 0.3) is 31.7 Å². The summed E-state index contributed by atoms with van der Waals surface area (Å²) in [6.45, 7) is 2.80. The van der Waals surface area contributed by atoms with Gasteiger partial charge in [-0.3, -0.25) is 4.79 Å². The molecule has 0 fully saturated rings. The Morgan fingerprint density at radius 3 is 2.85 bits per heavy atom. The second-order valence-electron chi connectivity index (χ2n) is 6.28. The summed E-state index contributed by atoms with van der Waals surface area (Å²) in [6, 6.07) is 7.49. The van der Waals surface area contributed by atoms with Crippen molar-refractivity contribution >= 4 is 44.1 Å². The highest BCUT2D eigenvalue weighted by molar-refractivity contribution is 7.21. The summed E-state index contributed by atoms with van der Waals surface area (Å²) in [6.07, 6.45) is 1.53. The number of fused-ring (bicyclic) bond motifs is 2. The normalized spacial score (nSPS) is 11.4. The molecule has 2 N–H and O–H groups in total. The van der Waals surface area contributed by atoms with Gasteiger partial charge in [-0.25, -0.2) is 9.97 Å². The molecule has 2 aromatic carbocycles. The number of thiazole rings is 1. The zero-order valence-corrected chi connectivity index (χ0v) is 16.4. The molecule has 0 saturated heterocycles. The molecule has 6 nitrogen and oxygen atoms in total. The van der Waals surface area contributed by atoms with Crippen LogP contribution in [0.1, 0.15) is 5.56 Å². The Morgan fingerprint density at radius 2 is 2.07 bits per heavy atom. The fourth-order valence-electron chi connectivity index (χ4n) is 2.97. The number of nitrogens with zero attached hydrogens (tertiary/aromatic N) is 3. The smallest absolute Gasteiger partial charge is 0.260 e. The monoisotopic (exact) mass is 400 g/mol. The molecule has 0 unspecified atom stereocenters. The van der Waals surface area contributed by atoms with Crippen molar-refractivity contribution in [2.24, 2.45) is 12.8 Å². The largest absolute Gasteiger partial charge is 0.492 e. The van der Waals surface area contributed by atoms with Gasteiger partial charge in [-0.1, -0.05) is 11.6 Å². The van der Waals surface area contributed by atoms with Crippen molar-refractivity contribution in [3.63, 3.8) is 0 Å². The van der Waals surface area contributed by atoms with Gasteiger partial charge in [0, 0.05) is 25.2 Å². The van der Waals surface area contributed by atoms with Crippen LogP contribution in [0.5, 0.6) is 5.75 Å². The molecule has 0 bridgehead atoms. The molecule has 0 radical (unpaired) electrons. The lowest BCUT2D eigenvalue weighted by Crippen LogP contribution is -2.17. The van der Waals surface area contributed by atoms with Gasteiger partial charge < -0.3 is 15.0 Å². The number of hydrogen-bond donors (Lipinski definition) is 1. The third-order valence-corrected chi connectivity index (χ3v) is 5.53. The predicted octanol–water partition coefficient (Wildman–Crippen LogP) is 3.51. The lowest BCUT2D eigenvalue weighted by atomic mass is 10.1. The molecule has 2 aromatic heterocycles. The summed E-state index contributed by atoms with van der Waals surface area (Å²) in [5.41, 5.74) is 8.55. The van der Waals surface area contributed by atoms with Crippen LogP contribution in [0.4, 0.5) is 0 Å². The van der Waals surface area contributed by atoms with E-state index in [0.717, 1.165) is 20.8 Å². The molecule has 0 aliphatic heterocycles. The van der Waals surface area contributed by atoms with Gasteiger partial charge in [0.15, 0.2) is 0 Å². The van der Waals surface area contributed by atoms with Gasteiger partial charge in [0.2, 0.25) is 0 Å². The molecule has 138 valence electrons. The fourth-order valence-corrected chi connectivity index (χ4v) is 4.32. The van der Waals surface area contributed by atoms with Crippen LogP contribution in [0.15, 0.2) is 35.4 Å². The average molecular weight is 401 g/mol. The van der Waals surface area contributed by atoms with Crippen molar-refractivity contribution in [3.8, 4) is 16.3 Å². The fraction of sp³-hybridized carbons (Fsp3) is 0.211. The van der Waals surface area contributed by atoms with Gasteiger partial charge >= 0.3 is 0 Å². The highest BCUT2D eigenvalue weighted by Gasteiger charge is 2.16. The second kappa shape index (κ2) is 6.92. The van der Waals surface area contributed by atoms with Crippen molar-refractivity contribution in [1.82, 2.24) is 14.5 Å². The Labute approximate surface area is 164 Å². The van der Waals surface area contributed by atoms with Crippen LogP contribution in [0.3, 0.4) is 0 Å². The SMILES string of the molecule is Cc1cc(-c2nc3c(Cl)cc(OCCN)cc3s2)c2ncn(C)c(=O)c2c1. The van der Waals surface area contributed by atoms with Gasteiger partial charge in [0.05, 0.1) is 27.0 Å². The molecule has 2 heterocycles. The molecule has 0 aliphatic rings. The lowest BCUT2D eigenvalue weighted by Gasteiger charge is -2.06. The molecule has 0 atom stereocenters. The number of rotatable bonds is 4. The molecule has 0 spiro atoms. The molecule has 4 aromatic rings. The minimum atomic E-state index is -0.0819.